The number of thiol groups is 1. The Hall–Kier alpha value is -3.10. The zero-order valence-corrected chi connectivity index (χ0v) is 32.0. The number of benzene rings is 2. The molecule has 48 heavy (non-hydrogen) atoms. The first-order valence-electron chi connectivity index (χ1n) is 17.6. The summed E-state index contributed by atoms with van der Waals surface area (Å²) in [6.45, 7) is 14.5. The quantitative estimate of drug-likeness (QED) is 0.0825. The SMILES string of the molecule is CCC(C)(CC)N(C)C/C=C/C(C)=C(\C=C(/C)CCc1cncc(C#N)c1)CCc1cccc(-c2cccc(CCCCS)c2Cl)c1C. The third-order valence-corrected chi connectivity index (χ3v) is 10.9. The van der Waals surface area contributed by atoms with Gasteiger partial charge in [-0.2, -0.15) is 17.9 Å². The van der Waals surface area contributed by atoms with Crippen LogP contribution in [0.1, 0.15) is 101 Å². The van der Waals surface area contributed by atoms with Crippen molar-refractivity contribution in [2.24, 2.45) is 0 Å². The van der Waals surface area contributed by atoms with Crippen LogP contribution >= 0.6 is 24.2 Å². The van der Waals surface area contributed by atoms with Gasteiger partial charge < -0.3 is 0 Å². The zero-order valence-electron chi connectivity index (χ0n) is 30.4. The first kappa shape index (κ1) is 39.3. The highest BCUT2D eigenvalue weighted by Crippen LogP contribution is 2.35. The number of nitriles is 1. The molecule has 0 bridgehead atoms. The van der Waals surface area contributed by atoms with Gasteiger partial charge in [0.05, 0.1) is 10.6 Å². The maximum Gasteiger partial charge on any atom is 0.101 e. The summed E-state index contributed by atoms with van der Waals surface area (Å²) in [4.78, 5) is 6.72. The fourth-order valence-corrected chi connectivity index (χ4v) is 6.75. The molecule has 0 saturated carbocycles. The fraction of sp³-hybridized carbons (Fsp3) is 0.442. The van der Waals surface area contributed by atoms with E-state index in [0.717, 1.165) is 86.2 Å². The van der Waals surface area contributed by atoms with Crippen molar-refractivity contribution in [2.45, 2.75) is 105 Å². The van der Waals surface area contributed by atoms with Gasteiger partial charge in [-0.05, 0) is 143 Å². The van der Waals surface area contributed by atoms with E-state index in [1.165, 1.54) is 39.0 Å². The second kappa shape index (κ2) is 19.8. The van der Waals surface area contributed by atoms with Crippen molar-refractivity contribution in [1.29, 1.82) is 5.26 Å². The van der Waals surface area contributed by atoms with Crippen LogP contribution in [-0.2, 0) is 19.3 Å². The van der Waals surface area contributed by atoms with E-state index in [-0.39, 0.29) is 5.54 Å². The van der Waals surface area contributed by atoms with Crippen molar-refractivity contribution in [3.05, 3.63) is 123 Å². The van der Waals surface area contributed by atoms with Crippen LogP contribution in [0, 0.1) is 18.3 Å². The molecule has 0 radical (unpaired) electrons. The maximum atomic E-state index is 9.29. The number of hydrogen-bond donors (Lipinski definition) is 1. The molecule has 0 amide bonds. The predicted octanol–water partition coefficient (Wildman–Crippen LogP) is 11.7. The van der Waals surface area contributed by atoms with Gasteiger partial charge in [0.2, 0.25) is 0 Å². The molecule has 0 aliphatic heterocycles. The Morgan fingerprint density at radius 1 is 0.979 bits per heavy atom. The average Bonchev–Trinajstić information content (AvgIpc) is 3.10. The molecule has 1 aromatic heterocycles. The van der Waals surface area contributed by atoms with E-state index in [2.05, 4.69) is 132 Å². The Morgan fingerprint density at radius 2 is 1.69 bits per heavy atom. The average molecular weight is 682 g/mol. The van der Waals surface area contributed by atoms with Crippen molar-refractivity contribution in [3.8, 4) is 17.2 Å². The third kappa shape index (κ3) is 11.2. The van der Waals surface area contributed by atoms with Gasteiger partial charge in [0.25, 0.3) is 0 Å². The van der Waals surface area contributed by atoms with E-state index >= 15 is 0 Å². The molecule has 3 nitrogen and oxygen atoms in total. The number of aromatic nitrogens is 1. The molecule has 0 aliphatic carbocycles. The van der Waals surface area contributed by atoms with Crippen LogP contribution in [0.2, 0.25) is 5.02 Å². The molecule has 0 atom stereocenters. The highest BCUT2D eigenvalue weighted by atomic mass is 35.5. The van der Waals surface area contributed by atoms with Crippen molar-refractivity contribution in [1.82, 2.24) is 9.88 Å². The van der Waals surface area contributed by atoms with Gasteiger partial charge >= 0.3 is 0 Å². The van der Waals surface area contributed by atoms with Gasteiger partial charge in [0, 0.05) is 30.0 Å². The van der Waals surface area contributed by atoms with E-state index in [9.17, 15) is 5.26 Å². The van der Waals surface area contributed by atoms with Gasteiger partial charge in [0.1, 0.15) is 6.07 Å². The minimum atomic E-state index is 0.205. The van der Waals surface area contributed by atoms with Crippen LogP contribution in [0.15, 0.2) is 89.8 Å². The molecule has 3 aromatic rings. The van der Waals surface area contributed by atoms with Gasteiger partial charge in [0.15, 0.2) is 0 Å². The lowest BCUT2D eigenvalue weighted by Crippen LogP contribution is -2.42. The number of aryl methyl sites for hydroxylation is 3. The molecule has 0 saturated heterocycles. The molecule has 0 N–H and O–H groups in total. The summed E-state index contributed by atoms with van der Waals surface area (Å²) in [5.41, 5.74) is 12.1. The second-order valence-electron chi connectivity index (χ2n) is 13.4. The summed E-state index contributed by atoms with van der Waals surface area (Å²) in [6, 6.07) is 17.3. The molecular weight excluding hydrogens is 626 g/mol. The van der Waals surface area contributed by atoms with Gasteiger partial charge in [-0.25, -0.2) is 0 Å². The van der Waals surface area contributed by atoms with Crippen LogP contribution in [-0.4, -0.2) is 34.8 Å². The molecule has 0 fully saturated rings. The zero-order chi connectivity index (χ0) is 35.1. The Balaban J connectivity index is 1.88. The standard InChI is InChI=1S/C43H56ClN3S/c1-8-43(6,9-2)47(7)25-14-15-33(4)39(27-32(3)21-22-35-28-36(29-45)31-46-30-35)24-23-37-17-12-19-40(34(37)5)41-20-13-18-38(42(41)44)16-10-11-26-48/h12-15,17-20,27-28,30-31,48H,8-11,16,21-26H2,1-7H3/b15-14+,32-27+,39-33-. The lowest BCUT2D eigenvalue weighted by molar-refractivity contribution is 0.142. The number of nitrogens with zero attached hydrogens (tertiary/aromatic N) is 3. The minimum absolute atomic E-state index is 0.205. The summed E-state index contributed by atoms with van der Waals surface area (Å²) < 4.78 is 0. The Kier molecular flexibility index (Phi) is 16.2. The van der Waals surface area contributed by atoms with Crippen LogP contribution in [0.3, 0.4) is 0 Å². The number of halogens is 1. The third-order valence-electron chi connectivity index (χ3n) is 10.2. The highest BCUT2D eigenvalue weighted by Gasteiger charge is 2.23. The highest BCUT2D eigenvalue weighted by molar-refractivity contribution is 7.80. The lowest BCUT2D eigenvalue weighted by Gasteiger charge is -2.37. The Bertz CT molecular complexity index is 1620. The lowest BCUT2D eigenvalue weighted by atomic mass is 9.90. The van der Waals surface area contributed by atoms with E-state index in [1.54, 1.807) is 6.20 Å². The number of rotatable bonds is 18. The second-order valence-corrected chi connectivity index (χ2v) is 14.3. The fourth-order valence-electron chi connectivity index (χ4n) is 6.21. The molecule has 256 valence electrons. The first-order chi connectivity index (χ1) is 23.1. The molecule has 3 rings (SSSR count). The van der Waals surface area contributed by atoms with E-state index in [1.807, 2.05) is 12.3 Å². The summed E-state index contributed by atoms with van der Waals surface area (Å²) in [7, 11) is 2.23. The first-order valence-corrected chi connectivity index (χ1v) is 18.6. The van der Waals surface area contributed by atoms with Crippen molar-refractivity contribution >= 4 is 24.2 Å². The molecule has 0 unspecified atom stereocenters. The summed E-state index contributed by atoms with van der Waals surface area (Å²) >= 11 is 11.4. The van der Waals surface area contributed by atoms with Gasteiger partial charge in [-0.1, -0.05) is 85.6 Å². The molecule has 5 heteroatoms. The predicted molar refractivity (Wildman–Crippen MR) is 211 cm³/mol. The number of unbranched alkanes of at least 4 members (excludes halogenated alkanes) is 1. The van der Waals surface area contributed by atoms with Crippen LogP contribution < -0.4 is 0 Å². The van der Waals surface area contributed by atoms with Gasteiger partial charge in [-0.3, -0.25) is 9.88 Å². The van der Waals surface area contributed by atoms with Gasteiger partial charge in [-0.15, -0.1) is 0 Å². The van der Waals surface area contributed by atoms with Crippen molar-refractivity contribution in [2.75, 3.05) is 19.3 Å². The number of pyridine rings is 1. The Morgan fingerprint density at radius 3 is 2.38 bits per heavy atom. The molecule has 0 aliphatic rings. The molecule has 0 spiro atoms. The minimum Gasteiger partial charge on any atom is -0.297 e. The number of likely N-dealkylation sites (N-methyl/N-ethyl adjacent to an activating group) is 1. The van der Waals surface area contributed by atoms with E-state index < -0.39 is 0 Å². The molecular formula is C43H56ClN3S. The topological polar surface area (TPSA) is 39.9 Å². The van der Waals surface area contributed by atoms with Crippen molar-refractivity contribution in [3.63, 3.8) is 0 Å². The van der Waals surface area contributed by atoms with Crippen LogP contribution in [0.5, 0.6) is 0 Å². The summed E-state index contributed by atoms with van der Waals surface area (Å²) in [5.74, 6) is 0.904. The van der Waals surface area contributed by atoms with E-state index in [0.29, 0.717) is 5.56 Å². The summed E-state index contributed by atoms with van der Waals surface area (Å²) in [5, 5.41) is 10.2. The number of allylic oxidation sites excluding steroid dienone is 5. The Labute approximate surface area is 302 Å². The van der Waals surface area contributed by atoms with Crippen molar-refractivity contribution < 1.29 is 0 Å². The number of hydrogen-bond acceptors (Lipinski definition) is 4. The van der Waals surface area contributed by atoms with Crippen LogP contribution in [0.4, 0.5) is 0 Å². The largest absolute Gasteiger partial charge is 0.297 e. The normalized spacial score (nSPS) is 12.9. The maximum absolute atomic E-state index is 9.29. The van der Waals surface area contributed by atoms with Crippen LogP contribution in [0.25, 0.3) is 11.1 Å². The smallest absolute Gasteiger partial charge is 0.101 e. The van der Waals surface area contributed by atoms with E-state index in [4.69, 9.17) is 11.6 Å². The molecule has 2 aromatic carbocycles. The summed E-state index contributed by atoms with van der Waals surface area (Å²) in [6.07, 6.45) is 19.6. The molecule has 1 heterocycles. The monoisotopic (exact) mass is 681 g/mol.